The first-order valence-electron chi connectivity index (χ1n) is 7.14. The Bertz CT molecular complexity index is 803. The number of carbonyl (C=O) groups is 1. The first kappa shape index (κ1) is 17.8. The number of urea groups is 1. The predicted octanol–water partition coefficient (Wildman–Crippen LogP) is 2.31. The van der Waals surface area contributed by atoms with Gasteiger partial charge in [-0.15, -0.1) is 0 Å². The summed E-state index contributed by atoms with van der Waals surface area (Å²) < 4.78 is 35.9. The molecule has 0 saturated heterocycles. The van der Waals surface area contributed by atoms with Crippen molar-refractivity contribution in [2.45, 2.75) is 11.3 Å². The second kappa shape index (κ2) is 7.80. The van der Waals surface area contributed by atoms with Gasteiger partial charge in [0, 0.05) is 12.2 Å². The van der Waals surface area contributed by atoms with E-state index in [1.165, 1.54) is 24.3 Å². The number of ether oxygens (including phenoxy) is 1. The fourth-order valence-corrected chi connectivity index (χ4v) is 2.51. The van der Waals surface area contributed by atoms with E-state index in [1.807, 2.05) is 24.3 Å². The molecule has 0 aromatic heterocycles. The van der Waals surface area contributed by atoms with Crippen molar-refractivity contribution in [2.75, 3.05) is 19.0 Å². The molecule has 0 aliphatic carbocycles. The number of hydrogen-bond acceptors (Lipinski definition) is 4. The smallest absolute Gasteiger partial charge is 0.319 e. The molecule has 0 aliphatic rings. The first-order chi connectivity index (χ1) is 11.4. The van der Waals surface area contributed by atoms with Crippen molar-refractivity contribution in [1.29, 1.82) is 0 Å². The molecule has 0 heterocycles. The number of anilines is 1. The van der Waals surface area contributed by atoms with Crippen molar-refractivity contribution < 1.29 is 22.5 Å². The molecule has 8 heteroatoms. The summed E-state index contributed by atoms with van der Waals surface area (Å²) >= 11 is 0. The minimum atomic E-state index is -4.24. The lowest BCUT2D eigenvalue weighted by molar-refractivity contribution is 0.252. The molecule has 2 rings (SSSR count). The number of amides is 2. The Labute approximate surface area is 140 Å². The van der Waals surface area contributed by atoms with E-state index in [9.17, 15) is 13.2 Å². The normalized spacial score (nSPS) is 10.9. The highest BCUT2D eigenvalue weighted by Gasteiger charge is 2.09. The lowest BCUT2D eigenvalue weighted by Gasteiger charge is -2.08. The SMILES string of the molecule is COc1cccc(CCNC(=O)Nc2ccc(S(=O)(=O)O)cc2)c1. The number of rotatable bonds is 6. The highest BCUT2D eigenvalue weighted by atomic mass is 32.2. The topological polar surface area (TPSA) is 105 Å². The summed E-state index contributed by atoms with van der Waals surface area (Å²) in [6.45, 7) is 0.433. The van der Waals surface area contributed by atoms with Gasteiger partial charge < -0.3 is 15.4 Å². The number of carbonyl (C=O) groups excluding carboxylic acids is 1. The van der Waals surface area contributed by atoms with E-state index >= 15 is 0 Å². The standard InChI is InChI=1S/C16H18N2O5S/c1-23-14-4-2-3-12(11-14)9-10-17-16(19)18-13-5-7-15(8-6-13)24(20,21)22/h2-8,11H,9-10H2,1H3,(H2,17,18,19)(H,20,21,22). The van der Waals surface area contributed by atoms with Gasteiger partial charge in [-0.2, -0.15) is 8.42 Å². The van der Waals surface area contributed by atoms with Gasteiger partial charge in [-0.05, 0) is 48.4 Å². The highest BCUT2D eigenvalue weighted by Crippen LogP contribution is 2.14. The molecule has 2 amide bonds. The van der Waals surface area contributed by atoms with Crippen molar-refractivity contribution >= 4 is 21.8 Å². The van der Waals surface area contributed by atoms with Gasteiger partial charge in [-0.3, -0.25) is 4.55 Å². The van der Waals surface area contributed by atoms with Crippen LogP contribution in [0.15, 0.2) is 53.4 Å². The van der Waals surface area contributed by atoms with Crippen LogP contribution in [0.1, 0.15) is 5.56 Å². The summed E-state index contributed by atoms with van der Waals surface area (Å²) in [5.41, 5.74) is 1.45. The van der Waals surface area contributed by atoms with E-state index < -0.39 is 16.1 Å². The number of hydrogen-bond donors (Lipinski definition) is 3. The van der Waals surface area contributed by atoms with Gasteiger partial charge in [-0.25, -0.2) is 4.79 Å². The zero-order chi connectivity index (χ0) is 17.6. The molecule has 2 aromatic rings. The molecule has 0 spiro atoms. The van der Waals surface area contributed by atoms with Crippen molar-refractivity contribution in [2.24, 2.45) is 0 Å². The summed E-state index contributed by atoms with van der Waals surface area (Å²) in [7, 11) is -2.64. The molecule has 128 valence electrons. The minimum Gasteiger partial charge on any atom is -0.497 e. The lowest BCUT2D eigenvalue weighted by Crippen LogP contribution is -2.30. The van der Waals surface area contributed by atoms with E-state index in [4.69, 9.17) is 9.29 Å². The third-order valence-electron chi connectivity index (χ3n) is 3.24. The monoisotopic (exact) mass is 350 g/mol. The Balaban J connectivity index is 1.83. The average molecular weight is 350 g/mol. The first-order valence-corrected chi connectivity index (χ1v) is 8.58. The van der Waals surface area contributed by atoms with Gasteiger partial charge in [0.2, 0.25) is 0 Å². The maximum Gasteiger partial charge on any atom is 0.319 e. The number of nitrogens with one attached hydrogen (secondary N) is 2. The molecule has 7 nitrogen and oxygen atoms in total. The van der Waals surface area contributed by atoms with Gasteiger partial charge in [0.05, 0.1) is 12.0 Å². The summed E-state index contributed by atoms with van der Waals surface area (Å²) in [5, 5.41) is 5.28. The fraction of sp³-hybridized carbons (Fsp3) is 0.188. The molecule has 0 aliphatic heterocycles. The number of methoxy groups -OCH3 is 1. The Hall–Kier alpha value is -2.58. The van der Waals surface area contributed by atoms with Crippen molar-refractivity contribution in [3.8, 4) is 5.75 Å². The van der Waals surface area contributed by atoms with Crippen LogP contribution in [0, 0.1) is 0 Å². The van der Waals surface area contributed by atoms with Crippen LogP contribution in [0.3, 0.4) is 0 Å². The molecule has 0 radical (unpaired) electrons. The molecule has 0 saturated carbocycles. The highest BCUT2D eigenvalue weighted by molar-refractivity contribution is 7.85. The van der Waals surface area contributed by atoms with E-state index in [-0.39, 0.29) is 4.90 Å². The molecular formula is C16H18N2O5S. The van der Waals surface area contributed by atoms with Crippen LogP contribution in [0.25, 0.3) is 0 Å². The second-order valence-electron chi connectivity index (χ2n) is 4.98. The fourth-order valence-electron chi connectivity index (χ4n) is 2.03. The summed E-state index contributed by atoms with van der Waals surface area (Å²) in [4.78, 5) is 11.6. The van der Waals surface area contributed by atoms with Crippen LogP contribution in [0.5, 0.6) is 5.75 Å². The van der Waals surface area contributed by atoms with Gasteiger partial charge in [0.25, 0.3) is 10.1 Å². The minimum absolute atomic E-state index is 0.230. The largest absolute Gasteiger partial charge is 0.497 e. The molecule has 0 atom stereocenters. The summed E-state index contributed by atoms with van der Waals surface area (Å²) in [6.07, 6.45) is 0.645. The van der Waals surface area contributed by atoms with Crippen molar-refractivity contribution in [3.63, 3.8) is 0 Å². The van der Waals surface area contributed by atoms with Crippen LogP contribution in [-0.4, -0.2) is 32.7 Å². The van der Waals surface area contributed by atoms with Gasteiger partial charge in [0.15, 0.2) is 0 Å². The Morgan fingerprint density at radius 2 is 1.88 bits per heavy atom. The van der Waals surface area contributed by atoms with Gasteiger partial charge in [-0.1, -0.05) is 12.1 Å². The van der Waals surface area contributed by atoms with Gasteiger partial charge in [0.1, 0.15) is 5.75 Å². The third-order valence-corrected chi connectivity index (χ3v) is 4.11. The lowest BCUT2D eigenvalue weighted by atomic mass is 10.1. The third kappa shape index (κ3) is 5.25. The zero-order valence-corrected chi connectivity index (χ0v) is 13.8. The quantitative estimate of drug-likeness (QED) is 0.694. The molecular weight excluding hydrogens is 332 g/mol. The van der Waals surface area contributed by atoms with Crippen LogP contribution in [0.2, 0.25) is 0 Å². The van der Waals surface area contributed by atoms with Crippen molar-refractivity contribution in [3.05, 3.63) is 54.1 Å². The summed E-state index contributed by atoms with van der Waals surface area (Å²) in [6, 6.07) is 12.4. The summed E-state index contributed by atoms with van der Waals surface area (Å²) in [5.74, 6) is 0.760. The van der Waals surface area contributed by atoms with Crippen LogP contribution < -0.4 is 15.4 Å². The molecule has 0 unspecified atom stereocenters. The molecule has 0 bridgehead atoms. The van der Waals surface area contributed by atoms with E-state index in [0.29, 0.717) is 18.7 Å². The predicted molar refractivity (Wildman–Crippen MR) is 90.0 cm³/mol. The van der Waals surface area contributed by atoms with Crippen LogP contribution >= 0.6 is 0 Å². The van der Waals surface area contributed by atoms with Crippen LogP contribution in [-0.2, 0) is 16.5 Å². The average Bonchev–Trinajstić information content (AvgIpc) is 2.54. The van der Waals surface area contributed by atoms with Gasteiger partial charge >= 0.3 is 6.03 Å². The zero-order valence-electron chi connectivity index (χ0n) is 13.0. The molecule has 2 aromatic carbocycles. The molecule has 3 N–H and O–H groups in total. The Kier molecular flexibility index (Phi) is 5.78. The van der Waals surface area contributed by atoms with E-state index in [0.717, 1.165) is 11.3 Å². The maximum absolute atomic E-state index is 11.8. The molecule has 24 heavy (non-hydrogen) atoms. The Morgan fingerprint density at radius 3 is 2.50 bits per heavy atom. The van der Waals surface area contributed by atoms with E-state index in [2.05, 4.69) is 10.6 Å². The van der Waals surface area contributed by atoms with Crippen molar-refractivity contribution in [1.82, 2.24) is 5.32 Å². The molecule has 0 fully saturated rings. The van der Waals surface area contributed by atoms with E-state index in [1.54, 1.807) is 7.11 Å². The Morgan fingerprint density at radius 1 is 1.17 bits per heavy atom. The number of benzene rings is 2. The second-order valence-corrected chi connectivity index (χ2v) is 6.40. The maximum atomic E-state index is 11.8. The van der Waals surface area contributed by atoms with Crippen LogP contribution in [0.4, 0.5) is 10.5 Å².